The van der Waals surface area contributed by atoms with Gasteiger partial charge in [-0.05, 0) is 0 Å². The van der Waals surface area contributed by atoms with Crippen molar-refractivity contribution in [2.45, 2.75) is 0 Å². The van der Waals surface area contributed by atoms with Gasteiger partial charge in [-0.15, -0.1) is 0 Å². The first-order chi connectivity index (χ1) is 51.4. The van der Waals surface area contributed by atoms with Gasteiger partial charge in [0.15, 0.2) is 0 Å². The van der Waals surface area contributed by atoms with Crippen LogP contribution in [0.2, 0.25) is 0 Å². The van der Waals surface area contributed by atoms with Crippen molar-refractivity contribution >= 4 is 0 Å². The Morgan fingerprint density at radius 3 is 0.107 bits per heavy atom. The summed E-state index contributed by atoms with van der Waals surface area (Å²) in [5, 5.41) is 368. The van der Waals surface area contributed by atoms with E-state index in [1.807, 2.05) is 0 Å². The number of hydrogen-bond acceptors (Lipinski definition) is 101. The maximum atomic E-state index is 9.22. The lowest BCUT2D eigenvalue weighted by Gasteiger charge is -2.00. The van der Waals surface area contributed by atoms with Gasteiger partial charge in [0.05, 0.1) is 0 Å². The van der Waals surface area contributed by atoms with Gasteiger partial charge in [0.25, 0.3) is 0 Å². The summed E-state index contributed by atoms with van der Waals surface area (Å²) in [6, 6.07) is 0. The second kappa shape index (κ2) is 97.9. The standard InChI is InChI=1S/O103/c1-3-5-7-9-11-13-15-17-19-21-23-25-27-29-31-33-35-37-39-41-43-45-47-49-51-53-55-57-59-61-63-65-67-69-71-73-75-77-79-81-83-85-87-89-91-93-95-97-99-101-103-102-100-98-96-94-92-90-88-86-84-82-80-78-76-74-72-70-68-66-64-62-60-58-56-54-52-50-48-46-44-42-40-38-36-34-32-30-28-26-24-22-20-18-16-14-12-10-8-6-4-2. The van der Waals surface area contributed by atoms with Crippen LogP contribution in [0, 0.1) is 0 Å². The molecule has 0 fully saturated rings. The Balaban J connectivity index is 3.09. The van der Waals surface area contributed by atoms with E-state index in [9.17, 15) is 10.5 Å². The summed E-state index contributed by atoms with van der Waals surface area (Å²) >= 11 is 0. The minimum atomic E-state index is 2.62. The second-order valence-electron chi connectivity index (χ2n) is 6.87. The van der Waals surface area contributed by atoms with E-state index in [0.717, 1.165) is 0 Å². The van der Waals surface area contributed by atoms with Gasteiger partial charge < -0.3 is 0 Å². The first-order valence-electron chi connectivity index (χ1n) is 17.0. The summed E-state index contributed by atoms with van der Waals surface area (Å²) in [5.74, 6) is 0. The first-order valence-corrected chi connectivity index (χ1v) is 17.0. The van der Waals surface area contributed by atoms with E-state index in [4.69, 9.17) is 0 Å². The lowest BCUT2D eigenvalue weighted by atomic mass is 14.0. The van der Waals surface area contributed by atoms with E-state index in [-0.39, 0.29) is 0 Å². The fourth-order valence-electron chi connectivity index (χ4n) is 1.12. The van der Waals surface area contributed by atoms with E-state index < -0.39 is 0 Å². The van der Waals surface area contributed by atoms with Gasteiger partial charge in [-0.1, -0.05) is 0 Å². The van der Waals surface area contributed by atoms with E-state index in [0.29, 0.717) is 0 Å². The molecule has 0 aliphatic carbocycles. The summed E-state index contributed by atoms with van der Waals surface area (Å²) in [6.07, 6.45) is 0. The molecule has 0 heterocycles. The molecule has 103 nitrogen and oxygen atoms in total. The van der Waals surface area contributed by atoms with Crippen molar-refractivity contribution in [3.63, 3.8) is 0 Å². The van der Waals surface area contributed by atoms with Crippen molar-refractivity contribution in [1.29, 1.82) is 0 Å². The third kappa shape index (κ3) is 97.9. The smallest absolute Gasteiger partial charge is 0 e. The minimum Gasteiger partial charge on any atom is 0 e. The SMILES string of the molecule is [O]OOOOOOOOOOOOOOOOOOOOOOOOOOOOOOOOOOOOOOOOOOOOOOOOOOOOOOOOOOOOOOOOOOOOOOOOOOOOOOOOOOOOOOOOOOOOOOOOOOOOO[O]. The average Bonchev–Trinajstić information content (AvgIpc) is 3.71. The summed E-state index contributed by atoms with van der Waals surface area (Å²) < 4.78 is 0. The monoisotopic (exact) mass is 1650 g/mol. The Morgan fingerprint density at radius 1 is 0.0485 bits per heavy atom. The quantitative estimate of drug-likeness (QED) is 0.0310. The van der Waals surface area contributed by atoms with Crippen molar-refractivity contribution in [3.8, 4) is 0 Å². The van der Waals surface area contributed by atoms with E-state index in [1.54, 1.807) is 0 Å². The molecule has 618 valence electrons. The van der Waals surface area contributed by atoms with Crippen LogP contribution in [-0.2, 0) is 519 Å². The summed E-state index contributed by atoms with van der Waals surface area (Å²) in [5.41, 5.74) is 0. The number of hydrogen-bond donors (Lipinski definition) is 0. The molecule has 0 aromatic heterocycles. The van der Waals surface area contributed by atoms with Gasteiger partial charge in [0.1, 0.15) is 0 Å². The van der Waals surface area contributed by atoms with Gasteiger partial charge in [0, 0.05) is 519 Å². The molecule has 0 spiro atoms. The van der Waals surface area contributed by atoms with Crippen LogP contribution in [0.4, 0.5) is 0 Å². The fraction of sp³-hybridized carbons (Fsp3) is 0. The van der Waals surface area contributed by atoms with Crippen LogP contribution in [0.5, 0.6) is 0 Å². The van der Waals surface area contributed by atoms with Crippen LogP contribution >= 0.6 is 0 Å². The topological polar surface area (TPSA) is 972 Å². The molecule has 103 heteroatoms. The molecular weight excluding hydrogens is 1650 g/mol. The zero-order valence-electron chi connectivity index (χ0n) is 42.0. The molecule has 0 aromatic rings. The Labute approximate surface area is 521 Å². The van der Waals surface area contributed by atoms with Crippen molar-refractivity contribution in [1.82, 2.24) is 0 Å². The van der Waals surface area contributed by atoms with Gasteiger partial charge in [-0.2, -0.15) is 0 Å². The highest BCUT2D eigenvalue weighted by atomic mass is 18.1. The van der Waals surface area contributed by atoms with E-state index in [2.05, 4.69) is 509 Å². The summed E-state index contributed by atoms with van der Waals surface area (Å²) in [7, 11) is 0. The zero-order chi connectivity index (χ0) is 73.4. The van der Waals surface area contributed by atoms with E-state index >= 15 is 0 Å². The van der Waals surface area contributed by atoms with Gasteiger partial charge in [0.2, 0.25) is 0 Å². The molecule has 0 N–H and O–H groups in total. The van der Waals surface area contributed by atoms with Crippen LogP contribution in [0.3, 0.4) is 0 Å². The Kier molecular flexibility index (Phi) is 94.0. The Morgan fingerprint density at radius 2 is 0.0777 bits per heavy atom. The maximum absolute atomic E-state index is 9.22. The predicted molar refractivity (Wildman–Crippen MR) is 111 cm³/mol. The van der Waals surface area contributed by atoms with Crippen molar-refractivity contribution in [2.24, 2.45) is 0 Å². The molecule has 0 saturated carbocycles. The molecule has 0 amide bonds. The van der Waals surface area contributed by atoms with Gasteiger partial charge in [-0.3, -0.25) is 0 Å². The van der Waals surface area contributed by atoms with Gasteiger partial charge >= 0.3 is 0 Å². The molecule has 0 unspecified atom stereocenters. The third-order valence-corrected chi connectivity index (χ3v) is 2.78. The van der Waals surface area contributed by atoms with Crippen molar-refractivity contribution in [3.05, 3.63) is 0 Å². The zero-order valence-corrected chi connectivity index (χ0v) is 42.0. The largest absolute Gasteiger partial charge is 0 e. The molecule has 0 bridgehead atoms. The normalized spacial score (nSPS) is 11.8. The summed E-state index contributed by atoms with van der Waals surface area (Å²) in [6.45, 7) is 0. The highest BCUT2D eigenvalue weighted by Gasteiger charge is 2.09. The highest BCUT2D eigenvalue weighted by Crippen LogP contribution is 2.03. The van der Waals surface area contributed by atoms with Crippen LogP contribution in [0.15, 0.2) is 0 Å². The van der Waals surface area contributed by atoms with Crippen LogP contribution in [0.25, 0.3) is 0 Å². The molecule has 0 aliphatic rings. The predicted octanol–water partition coefficient (Wildman–Crippen LogP) is -7.15. The highest BCUT2D eigenvalue weighted by molar-refractivity contribution is 3.18. The Hall–Kier alpha value is -4.12. The number of rotatable bonds is 100. The maximum Gasteiger partial charge on any atom is 0 e. The molecule has 0 atom stereocenters. The van der Waals surface area contributed by atoms with Crippen LogP contribution < -0.4 is 0 Å². The lowest BCUT2D eigenvalue weighted by molar-refractivity contribution is -0.913. The van der Waals surface area contributed by atoms with E-state index in [1.165, 1.54) is 0 Å². The Bertz CT molecular complexity index is 1240. The molecule has 0 aromatic carbocycles. The molecule has 0 rings (SSSR count). The average molecular weight is 1650 g/mol. The first kappa shape index (κ1) is 98.9. The van der Waals surface area contributed by atoms with Gasteiger partial charge in [-0.25, -0.2) is 0 Å². The van der Waals surface area contributed by atoms with Crippen LogP contribution in [-0.4, -0.2) is 0 Å². The minimum absolute atomic E-state index is 2.62. The van der Waals surface area contributed by atoms with Crippen molar-refractivity contribution in [2.75, 3.05) is 0 Å². The fourth-order valence-corrected chi connectivity index (χ4v) is 1.12. The molecule has 0 saturated heterocycles. The lowest BCUT2D eigenvalue weighted by Crippen LogP contribution is -2.07. The molecule has 0 aliphatic heterocycles. The molecule has 2 radical (unpaired) electrons. The molecular formula is O103. The van der Waals surface area contributed by atoms with Crippen molar-refractivity contribution < 1.29 is 519 Å². The summed E-state index contributed by atoms with van der Waals surface area (Å²) in [4.78, 5) is 0. The second-order valence-corrected chi connectivity index (χ2v) is 6.87. The van der Waals surface area contributed by atoms with Crippen LogP contribution in [0.1, 0.15) is 0 Å². The third-order valence-electron chi connectivity index (χ3n) is 2.78. The molecule has 103 heavy (non-hydrogen) atoms.